The average Bonchev–Trinajstić information content (AvgIpc) is 2.73. The fourth-order valence-electron chi connectivity index (χ4n) is 2.10. The SMILES string of the molecule is CCNCC(C)(O)c1cccc2c1OCC2. The second-order valence-corrected chi connectivity index (χ2v) is 4.45. The minimum atomic E-state index is -0.869. The van der Waals surface area contributed by atoms with Crippen LogP contribution in [0.1, 0.15) is 25.0 Å². The molecule has 0 aromatic heterocycles. The van der Waals surface area contributed by atoms with Crippen LogP contribution >= 0.6 is 0 Å². The first-order valence-electron chi connectivity index (χ1n) is 5.83. The van der Waals surface area contributed by atoms with Gasteiger partial charge >= 0.3 is 0 Å². The molecule has 3 nitrogen and oxygen atoms in total. The fourth-order valence-corrected chi connectivity index (χ4v) is 2.10. The van der Waals surface area contributed by atoms with Gasteiger partial charge in [-0.05, 0) is 19.0 Å². The van der Waals surface area contributed by atoms with Gasteiger partial charge in [0.15, 0.2) is 0 Å². The van der Waals surface area contributed by atoms with Crippen LogP contribution in [-0.4, -0.2) is 24.8 Å². The van der Waals surface area contributed by atoms with Crippen LogP contribution < -0.4 is 10.1 Å². The summed E-state index contributed by atoms with van der Waals surface area (Å²) in [6.45, 7) is 5.98. The van der Waals surface area contributed by atoms with E-state index in [4.69, 9.17) is 4.74 Å². The Labute approximate surface area is 96.4 Å². The summed E-state index contributed by atoms with van der Waals surface area (Å²) >= 11 is 0. The first-order valence-corrected chi connectivity index (χ1v) is 5.83. The second kappa shape index (κ2) is 4.44. The van der Waals surface area contributed by atoms with Crippen molar-refractivity contribution in [3.63, 3.8) is 0 Å². The summed E-state index contributed by atoms with van der Waals surface area (Å²) in [5, 5.41) is 13.6. The lowest BCUT2D eigenvalue weighted by atomic mass is 9.93. The maximum atomic E-state index is 10.4. The average molecular weight is 221 g/mol. The molecule has 0 amide bonds. The predicted molar refractivity (Wildman–Crippen MR) is 63.8 cm³/mol. The van der Waals surface area contributed by atoms with Crippen LogP contribution in [-0.2, 0) is 12.0 Å². The van der Waals surface area contributed by atoms with E-state index >= 15 is 0 Å². The van der Waals surface area contributed by atoms with Crippen molar-refractivity contribution in [3.8, 4) is 5.75 Å². The van der Waals surface area contributed by atoms with Gasteiger partial charge in [-0.2, -0.15) is 0 Å². The Morgan fingerprint density at radius 3 is 3.06 bits per heavy atom. The first kappa shape index (κ1) is 11.4. The lowest BCUT2D eigenvalue weighted by molar-refractivity contribution is 0.0549. The highest BCUT2D eigenvalue weighted by atomic mass is 16.5. The molecule has 2 rings (SSSR count). The molecule has 3 heteroatoms. The van der Waals surface area contributed by atoms with E-state index in [1.54, 1.807) is 0 Å². The summed E-state index contributed by atoms with van der Waals surface area (Å²) in [4.78, 5) is 0. The number of ether oxygens (including phenoxy) is 1. The van der Waals surface area contributed by atoms with Crippen LogP contribution in [0.2, 0.25) is 0 Å². The Bertz CT molecular complexity index is 374. The summed E-state index contributed by atoms with van der Waals surface area (Å²) in [5.41, 5.74) is 1.23. The number of hydrogen-bond acceptors (Lipinski definition) is 3. The monoisotopic (exact) mass is 221 g/mol. The van der Waals surface area contributed by atoms with E-state index in [1.165, 1.54) is 5.56 Å². The van der Waals surface area contributed by atoms with Crippen molar-refractivity contribution in [2.75, 3.05) is 19.7 Å². The van der Waals surface area contributed by atoms with E-state index < -0.39 is 5.60 Å². The molecular weight excluding hydrogens is 202 g/mol. The van der Waals surface area contributed by atoms with Gasteiger partial charge in [-0.25, -0.2) is 0 Å². The van der Waals surface area contributed by atoms with E-state index in [2.05, 4.69) is 11.4 Å². The van der Waals surface area contributed by atoms with E-state index in [0.717, 1.165) is 30.9 Å². The summed E-state index contributed by atoms with van der Waals surface area (Å²) in [5.74, 6) is 0.880. The van der Waals surface area contributed by atoms with Crippen LogP contribution in [0.25, 0.3) is 0 Å². The molecule has 0 radical (unpaired) electrons. The zero-order valence-corrected chi connectivity index (χ0v) is 9.92. The number of benzene rings is 1. The van der Waals surface area contributed by atoms with Crippen molar-refractivity contribution < 1.29 is 9.84 Å². The molecule has 0 bridgehead atoms. The minimum absolute atomic E-state index is 0.545. The largest absolute Gasteiger partial charge is 0.493 e. The highest BCUT2D eigenvalue weighted by Gasteiger charge is 2.29. The molecule has 0 saturated carbocycles. The molecule has 0 fully saturated rings. The predicted octanol–water partition coefficient (Wildman–Crippen LogP) is 1.44. The number of nitrogens with one attached hydrogen (secondary N) is 1. The topological polar surface area (TPSA) is 41.5 Å². The van der Waals surface area contributed by atoms with Crippen molar-refractivity contribution in [1.82, 2.24) is 5.32 Å². The van der Waals surface area contributed by atoms with Gasteiger partial charge < -0.3 is 15.2 Å². The van der Waals surface area contributed by atoms with Crippen LogP contribution in [0.3, 0.4) is 0 Å². The highest BCUT2D eigenvalue weighted by molar-refractivity contribution is 5.46. The molecule has 1 aromatic rings. The fraction of sp³-hybridized carbons (Fsp3) is 0.538. The Morgan fingerprint density at radius 2 is 2.31 bits per heavy atom. The summed E-state index contributed by atoms with van der Waals surface area (Å²) in [6.07, 6.45) is 0.945. The first-order chi connectivity index (χ1) is 7.65. The zero-order valence-electron chi connectivity index (χ0n) is 9.92. The van der Waals surface area contributed by atoms with Gasteiger partial charge in [0, 0.05) is 18.5 Å². The third-order valence-electron chi connectivity index (χ3n) is 3.01. The number of aliphatic hydroxyl groups is 1. The molecule has 0 saturated heterocycles. The van der Waals surface area contributed by atoms with Crippen LogP contribution in [0.15, 0.2) is 18.2 Å². The lowest BCUT2D eigenvalue weighted by Gasteiger charge is -2.25. The van der Waals surface area contributed by atoms with Gasteiger partial charge in [0.2, 0.25) is 0 Å². The normalized spacial score (nSPS) is 17.7. The molecule has 0 spiro atoms. The smallest absolute Gasteiger partial charge is 0.128 e. The summed E-state index contributed by atoms with van der Waals surface area (Å²) in [6, 6.07) is 6.00. The molecule has 1 unspecified atom stereocenters. The van der Waals surface area contributed by atoms with Crippen molar-refractivity contribution >= 4 is 0 Å². The molecule has 2 N–H and O–H groups in total. The lowest BCUT2D eigenvalue weighted by Crippen LogP contribution is -2.35. The molecule has 0 aliphatic carbocycles. The van der Waals surface area contributed by atoms with Crippen molar-refractivity contribution in [1.29, 1.82) is 0 Å². The van der Waals surface area contributed by atoms with Gasteiger partial charge in [0.25, 0.3) is 0 Å². The quantitative estimate of drug-likeness (QED) is 0.808. The van der Waals surface area contributed by atoms with Gasteiger partial charge in [-0.3, -0.25) is 0 Å². The highest BCUT2D eigenvalue weighted by Crippen LogP contribution is 2.35. The van der Waals surface area contributed by atoms with Crippen molar-refractivity contribution in [2.24, 2.45) is 0 Å². The second-order valence-electron chi connectivity index (χ2n) is 4.45. The Morgan fingerprint density at radius 1 is 1.50 bits per heavy atom. The van der Waals surface area contributed by atoms with E-state index in [0.29, 0.717) is 6.54 Å². The van der Waals surface area contributed by atoms with E-state index in [1.807, 2.05) is 26.0 Å². The third kappa shape index (κ3) is 2.06. The molecule has 1 atom stereocenters. The molecule has 1 heterocycles. The number of rotatable bonds is 4. The minimum Gasteiger partial charge on any atom is -0.493 e. The van der Waals surface area contributed by atoms with E-state index in [-0.39, 0.29) is 0 Å². The molecule has 88 valence electrons. The number of likely N-dealkylation sites (N-methyl/N-ethyl adjacent to an activating group) is 1. The molecule has 1 aliphatic rings. The van der Waals surface area contributed by atoms with E-state index in [9.17, 15) is 5.11 Å². The van der Waals surface area contributed by atoms with Crippen LogP contribution in [0, 0.1) is 0 Å². The Balaban J connectivity index is 2.29. The maximum absolute atomic E-state index is 10.4. The number of para-hydroxylation sites is 1. The van der Waals surface area contributed by atoms with Crippen LogP contribution in [0.4, 0.5) is 0 Å². The van der Waals surface area contributed by atoms with Crippen molar-refractivity contribution in [2.45, 2.75) is 25.9 Å². The summed E-state index contributed by atoms with van der Waals surface area (Å²) in [7, 11) is 0. The molecular formula is C13H19NO2. The molecule has 1 aliphatic heterocycles. The van der Waals surface area contributed by atoms with Gasteiger partial charge in [-0.15, -0.1) is 0 Å². The maximum Gasteiger partial charge on any atom is 0.128 e. The standard InChI is InChI=1S/C13H19NO2/c1-3-14-9-13(2,15)11-6-4-5-10-7-8-16-12(10)11/h4-6,14-15H,3,7-9H2,1-2H3. The molecule has 1 aromatic carbocycles. The molecule has 16 heavy (non-hydrogen) atoms. The van der Waals surface area contributed by atoms with Crippen molar-refractivity contribution in [3.05, 3.63) is 29.3 Å². The van der Waals surface area contributed by atoms with Gasteiger partial charge in [0.1, 0.15) is 11.4 Å². The summed E-state index contributed by atoms with van der Waals surface area (Å²) < 4.78 is 5.61. The Kier molecular flexibility index (Phi) is 3.17. The van der Waals surface area contributed by atoms with Crippen LogP contribution in [0.5, 0.6) is 5.75 Å². The number of fused-ring (bicyclic) bond motifs is 1. The van der Waals surface area contributed by atoms with Gasteiger partial charge in [-0.1, -0.05) is 25.1 Å². The third-order valence-corrected chi connectivity index (χ3v) is 3.01. The number of hydrogen-bond donors (Lipinski definition) is 2. The van der Waals surface area contributed by atoms with Gasteiger partial charge in [0.05, 0.1) is 6.61 Å². The zero-order chi connectivity index (χ0) is 11.6. The Hall–Kier alpha value is -1.06.